The van der Waals surface area contributed by atoms with Crippen molar-refractivity contribution in [3.05, 3.63) is 40.8 Å². The van der Waals surface area contributed by atoms with Crippen LogP contribution in [0.2, 0.25) is 0 Å². The molecule has 3 aliphatic rings. The number of anilines is 1. The number of rotatable bonds is 3. The summed E-state index contributed by atoms with van der Waals surface area (Å²) in [6, 6.07) is 3.70. The summed E-state index contributed by atoms with van der Waals surface area (Å²) in [6.45, 7) is 3.34. The molecule has 2 aromatic heterocycles. The van der Waals surface area contributed by atoms with Gasteiger partial charge in [-0.05, 0) is 44.2 Å². The fourth-order valence-electron chi connectivity index (χ4n) is 5.07. The standard InChI is InChI=1S/C22H28N6O3/c1-14-10-18(26-17-11-16(23-13-24-17)25-15-6-5-9-31-12-15)28(30)20-19(14)21(29)27-22(20)7-3-2-4-8-22/h10-11,13,15,30H,2-9,12H2,1H3,(H,27,29)(H,23,24,25)/t15-/m0/s1. The molecule has 2 fully saturated rings. The fraction of sp³-hybridized carbons (Fsp3) is 0.545. The van der Waals surface area contributed by atoms with E-state index in [-0.39, 0.29) is 11.9 Å². The van der Waals surface area contributed by atoms with Gasteiger partial charge in [0.2, 0.25) is 0 Å². The highest BCUT2D eigenvalue weighted by Crippen LogP contribution is 2.42. The lowest BCUT2D eigenvalue weighted by Gasteiger charge is -2.34. The maximum Gasteiger partial charge on any atom is 0.254 e. The summed E-state index contributed by atoms with van der Waals surface area (Å²) in [7, 11) is 0. The predicted octanol–water partition coefficient (Wildman–Crippen LogP) is 2.55. The average Bonchev–Trinajstić information content (AvgIpc) is 3.05. The Labute approximate surface area is 180 Å². The number of fused-ring (bicyclic) bond motifs is 2. The van der Waals surface area contributed by atoms with E-state index in [9.17, 15) is 10.0 Å². The monoisotopic (exact) mass is 424 g/mol. The second kappa shape index (κ2) is 7.96. The molecule has 0 aromatic carbocycles. The van der Waals surface area contributed by atoms with E-state index < -0.39 is 5.54 Å². The summed E-state index contributed by atoms with van der Waals surface area (Å²) in [5.41, 5.74) is 1.82. The van der Waals surface area contributed by atoms with Gasteiger partial charge in [-0.25, -0.2) is 15.0 Å². The molecule has 5 rings (SSSR count). The molecule has 1 atom stereocenters. The number of ether oxygens (including phenoxy) is 1. The Kier molecular flexibility index (Phi) is 5.13. The second-order valence-electron chi connectivity index (χ2n) is 8.75. The Morgan fingerprint density at radius 3 is 2.87 bits per heavy atom. The lowest BCUT2D eigenvalue weighted by Crippen LogP contribution is -2.43. The number of hydrogen-bond acceptors (Lipinski definition) is 7. The van der Waals surface area contributed by atoms with E-state index in [1.165, 1.54) is 6.33 Å². The Hall–Kier alpha value is -2.94. The normalized spacial score (nSPS) is 22.9. The average molecular weight is 425 g/mol. The molecule has 4 heterocycles. The third-order valence-corrected chi connectivity index (χ3v) is 6.54. The molecule has 0 unspecified atom stereocenters. The summed E-state index contributed by atoms with van der Waals surface area (Å²) in [4.78, 5) is 25.8. The molecule has 2 aromatic rings. The first-order chi connectivity index (χ1) is 15.1. The van der Waals surface area contributed by atoms with Gasteiger partial charge in [0, 0.05) is 12.7 Å². The van der Waals surface area contributed by atoms with Crippen molar-refractivity contribution < 1.29 is 14.7 Å². The van der Waals surface area contributed by atoms with E-state index in [4.69, 9.17) is 4.74 Å². The lowest BCUT2D eigenvalue weighted by molar-refractivity contribution is 0.0875. The van der Waals surface area contributed by atoms with Gasteiger partial charge < -0.3 is 20.6 Å². The third kappa shape index (κ3) is 3.67. The van der Waals surface area contributed by atoms with Crippen LogP contribution in [0.4, 0.5) is 11.6 Å². The van der Waals surface area contributed by atoms with Crippen LogP contribution in [-0.2, 0) is 10.3 Å². The van der Waals surface area contributed by atoms with Gasteiger partial charge in [0.1, 0.15) is 12.1 Å². The molecule has 1 saturated carbocycles. The maximum atomic E-state index is 12.7. The zero-order valence-electron chi connectivity index (χ0n) is 17.7. The van der Waals surface area contributed by atoms with Crippen LogP contribution in [0.15, 0.2) is 23.5 Å². The predicted molar refractivity (Wildman–Crippen MR) is 113 cm³/mol. The molecule has 1 spiro atoms. The number of nitrogens with zero attached hydrogens (tertiary/aromatic N) is 4. The lowest BCUT2D eigenvalue weighted by atomic mass is 9.79. The van der Waals surface area contributed by atoms with Crippen molar-refractivity contribution in [3.63, 3.8) is 0 Å². The number of hydrogen-bond donors (Lipinski definition) is 3. The molecule has 3 N–H and O–H groups in total. The van der Waals surface area contributed by atoms with Crippen LogP contribution in [0.5, 0.6) is 0 Å². The Morgan fingerprint density at radius 1 is 1.26 bits per heavy atom. The quantitative estimate of drug-likeness (QED) is 0.653. The van der Waals surface area contributed by atoms with Gasteiger partial charge in [0.05, 0.1) is 29.4 Å². The van der Waals surface area contributed by atoms with Gasteiger partial charge in [-0.15, -0.1) is 0 Å². The summed E-state index contributed by atoms with van der Waals surface area (Å²) in [6.07, 6.45) is 8.33. The molecular formula is C22H28N6O3. The number of carbonyl (C=O) groups excluding carboxylic acids is 1. The molecule has 0 bridgehead atoms. The van der Waals surface area contributed by atoms with Crippen molar-refractivity contribution >= 4 is 17.5 Å². The largest absolute Gasteiger partial charge is 0.427 e. The minimum absolute atomic E-state index is 0.119. The zero-order valence-corrected chi connectivity index (χ0v) is 17.7. The van der Waals surface area contributed by atoms with Crippen molar-refractivity contribution in [1.29, 1.82) is 0 Å². The number of carbonyl (C=O) groups is 1. The Balaban J connectivity index is 1.53. The molecule has 0 radical (unpaired) electrons. The van der Waals surface area contributed by atoms with Crippen LogP contribution in [-0.4, -0.2) is 45.1 Å². The highest BCUT2D eigenvalue weighted by Gasteiger charge is 2.47. The van der Waals surface area contributed by atoms with Crippen LogP contribution in [0.1, 0.15) is 66.6 Å². The highest BCUT2D eigenvalue weighted by atomic mass is 16.5. The first-order valence-corrected chi connectivity index (χ1v) is 11.1. The molecular weight excluding hydrogens is 396 g/mol. The number of pyridine rings is 1. The molecule has 1 amide bonds. The van der Waals surface area contributed by atoms with E-state index >= 15 is 0 Å². The summed E-state index contributed by atoms with van der Waals surface area (Å²) < 4.78 is 6.60. The number of amides is 1. The molecule has 31 heavy (non-hydrogen) atoms. The Morgan fingerprint density at radius 2 is 2.10 bits per heavy atom. The summed E-state index contributed by atoms with van der Waals surface area (Å²) >= 11 is 0. The summed E-state index contributed by atoms with van der Waals surface area (Å²) in [5, 5.41) is 17.6. The van der Waals surface area contributed by atoms with Crippen LogP contribution in [0.25, 0.3) is 0 Å². The van der Waals surface area contributed by atoms with Crippen molar-refractivity contribution in [1.82, 2.24) is 20.0 Å². The SMILES string of the molecule is Cc1cc(=Nc2cc(N[C@H]3CCCOC3)ncn2)n(O)c2c1C(=O)NC21CCCCC1. The van der Waals surface area contributed by atoms with Gasteiger partial charge in [0.15, 0.2) is 11.3 Å². The molecule has 1 saturated heterocycles. The van der Waals surface area contributed by atoms with Gasteiger partial charge in [0.25, 0.3) is 5.91 Å². The van der Waals surface area contributed by atoms with Crippen LogP contribution >= 0.6 is 0 Å². The molecule has 164 valence electrons. The number of nitrogens with one attached hydrogen (secondary N) is 2. The molecule has 9 nitrogen and oxygen atoms in total. The van der Waals surface area contributed by atoms with E-state index in [1.807, 2.05) is 6.92 Å². The smallest absolute Gasteiger partial charge is 0.254 e. The van der Waals surface area contributed by atoms with Crippen molar-refractivity contribution in [2.45, 2.75) is 63.5 Å². The minimum atomic E-state index is -0.519. The van der Waals surface area contributed by atoms with Gasteiger partial charge >= 0.3 is 0 Å². The van der Waals surface area contributed by atoms with Crippen LogP contribution in [0, 0.1) is 6.92 Å². The first-order valence-electron chi connectivity index (χ1n) is 11.1. The zero-order chi connectivity index (χ0) is 21.4. The fourth-order valence-corrected chi connectivity index (χ4v) is 5.07. The maximum absolute atomic E-state index is 12.7. The van der Waals surface area contributed by atoms with Gasteiger partial charge in [-0.2, -0.15) is 4.73 Å². The molecule has 2 aliphatic heterocycles. The number of aromatic nitrogens is 3. The van der Waals surface area contributed by atoms with Gasteiger partial charge in [-0.1, -0.05) is 19.3 Å². The van der Waals surface area contributed by atoms with E-state index in [0.29, 0.717) is 35.0 Å². The molecule has 1 aliphatic carbocycles. The first kappa shape index (κ1) is 20.0. The molecule has 9 heteroatoms. The Bertz CT molecular complexity index is 1070. The van der Waals surface area contributed by atoms with E-state index in [0.717, 1.165) is 61.8 Å². The summed E-state index contributed by atoms with van der Waals surface area (Å²) in [5.74, 6) is 0.991. The van der Waals surface area contributed by atoms with Crippen LogP contribution in [0.3, 0.4) is 0 Å². The van der Waals surface area contributed by atoms with Gasteiger partial charge in [-0.3, -0.25) is 4.79 Å². The van der Waals surface area contributed by atoms with Crippen molar-refractivity contribution in [3.8, 4) is 0 Å². The number of aryl methyl sites for hydroxylation is 1. The highest BCUT2D eigenvalue weighted by molar-refractivity contribution is 6.00. The van der Waals surface area contributed by atoms with Crippen LogP contribution < -0.4 is 16.1 Å². The minimum Gasteiger partial charge on any atom is -0.427 e. The second-order valence-corrected chi connectivity index (χ2v) is 8.75. The van der Waals surface area contributed by atoms with E-state index in [2.05, 4.69) is 25.6 Å². The van der Waals surface area contributed by atoms with Crippen molar-refractivity contribution in [2.24, 2.45) is 4.99 Å². The van der Waals surface area contributed by atoms with E-state index in [1.54, 1.807) is 12.1 Å². The topological polar surface area (TPSA) is 114 Å². The third-order valence-electron chi connectivity index (χ3n) is 6.54. The van der Waals surface area contributed by atoms with Crippen molar-refractivity contribution in [2.75, 3.05) is 18.5 Å².